The van der Waals surface area contributed by atoms with Gasteiger partial charge in [0.15, 0.2) is 0 Å². The Bertz CT molecular complexity index is 453. The van der Waals surface area contributed by atoms with Gasteiger partial charge in [0.2, 0.25) is 5.91 Å². The second-order valence-corrected chi connectivity index (χ2v) is 3.19. The number of rotatable bonds is 3. The third kappa shape index (κ3) is 3.51. The Morgan fingerprint density at radius 2 is 2.06 bits per heavy atom. The zero-order chi connectivity index (χ0) is 13.1. The quantitative estimate of drug-likeness (QED) is 0.830. The minimum Gasteiger partial charge on any atom is -0.496 e. The van der Waals surface area contributed by atoms with Crippen LogP contribution in [0.4, 0.5) is 13.2 Å². The van der Waals surface area contributed by atoms with Crippen LogP contribution in [0.25, 0.3) is 6.08 Å². The molecule has 92 valence electrons. The van der Waals surface area contributed by atoms with Crippen LogP contribution in [0.3, 0.4) is 0 Å². The maximum atomic E-state index is 12.4. The standard InChI is InChI=1S/C11H10F3NO2/c1-17-9-4-3-8(11(12,13)14)6-7(9)2-5-10(15)16/h2-6H,1H3,(H2,15,16). The van der Waals surface area contributed by atoms with Crippen LogP contribution in [0.5, 0.6) is 5.75 Å². The van der Waals surface area contributed by atoms with Crippen LogP contribution in [-0.2, 0) is 11.0 Å². The summed E-state index contributed by atoms with van der Waals surface area (Å²) in [4.78, 5) is 10.5. The van der Waals surface area contributed by atoms with E-state index in [0.717, 1.165) is 18.2 Å². The average Bonchev–Trinajstić information content (AvgIpc) is 2.24. The smallest absolute Gasteiger partial charge is 0.416 e. The normalized spacial score (nSPS) is 11.8. The van der Waals surface area contributed by atoms with E-state index < -0.39 is 17.6 Å². The molecule has 0 bridgehead atoms. The lowest BCUT2D eigenvalue weighted by Gasteiger charge is -2.10. The van der Waals surface area contributed by atoms with E-state index in [4.69, 9.17) is 10.5 Å². The van der Waals surface area contributed by atoms with E-state index in [9.17, 15) is 18.0 Å². The van der Waals surface area contributed by atoms with Gasteiger partial charge in [0.05, 0.1) is 12.7 Å². The second kappa shape index (κ2) is 4.90. The van der Waals surface area contributed by atoms with Gasteiger partial charge in [0.1, 0.15) is 5.75 Å². The summed E-state index contributed by atoms with van der Waals surface area (Å²) in [6, 6.07) is 2.97. The number of benzene rings is 1. The number of ether oxygens (including phenoxy) is 1. The van der Waals surface area contributed by atoms with Crippen LogP contribution in [0.2, 0.25) is 0 Å². The zero-order valence-corrected chi connectivity index (χ0v) is 8.91. The highest BCUT2D eigenvalue weighted by Gasteiger charge is 2.30. The number of primary amides is 1. The molecule has 0 spiro atoms. The molecule has 0 saturated carbocycles. The van der Waals surface area contributed by atoms with Gasteiger partial charge in [0.25, 0.3) is 0 Å². The predicted octanol–water partition coefficient (Wildman–Crippen LogP) is 2.21. The number of halogens is 3. The molecule has 6 heteroatoms. The summed E-state index contributed by atoms with van der Waals surface area (Å²) in [6.45, 7) is 0. The largest absolute Gasteiger partial charge is 0.496 e. The highest BCUT2D eigenvalue weighted by Crippen LogP contribution is 2.32. The van der Waals surface area contributed by atoms with Crippen molar-refractivity contribution in [3.8, 4) is 5.75 Å². The molecule has 0 heterocycles. The number of methoxy groups -OCH3 is 1. The van der Waals surface area contributed by atoms with Gasteiger partial charge < -0.3 is 10.5 Å². The number of alkyl halides is 3. The molecule has 1 aromatic rings. The van der Waals surface area contributed by atoms with Crippen molar-refractivity contribution in [2.24, 2.45) is 5.73 Å². The van der Waals surface area contributed by atoms with Crippen LogP contribution in [0.15, 0.2) is 24.3 Å². The summed E-state index contributed by atoms with van der Waals surface area (Å²) < 4.78 is 42.2. The molecule has 0 unspecified atom stereocenters. The molecule has 2 N–H and O–H groups in total. The van der Waals surface area contributed by atoms with Crippen molar-refractivity contribution in [2.75, 3.05) is 7.11 Å². The zero-order valence-electron chi connectivity index (χ0n) is 8.91. The first-order valence-electron chi connectivity index (χ1n) is 4.57. The lowest BCUT2D eigenvalue weighted by atomic mass is 10.1. The topological polar surface area (TPSA) is 52.3 Å². The molecule has 0 atom stereocenters. The molecule has 0 aliphatic heterocycles. The van der Waals surface area contributed by atoms with Gasteiger partial charge in [-0.05, 0) is 24.3 Å². The van der Waals surface area contributed by atoms with Crippen LogP contribution in [0.1, 0.15) is 11.1 Å². The Morgan fingerprint density at radius 1 is 1.41 bits per heavy atom. The lowest BCUT2D eigenvalue weighted by molar-refractivity contribution is -0.137. The number of hydrogen-bond donors (Lipinski definition) is 1. The van der Waals surface area contributed by atoms with Crippen molar-refractivity contribution < 1.29 is 22.7 Å². The fraction of sp³-hybridized carbons (Fsp3) is 0.182. The third-order valence-corrected chi connectivity index (χ3v) is 1.98. The lowest BCUT2D eigenvalue weighted by Crippen LogP contribution is -2.06. The van der Waals surface area contributed by atoms with Crippen molar-refractivity contribution in [1.82, 2.24) is 0 Å². The maximum Gasteiger partial charge on any atom is 0.416 e. The fourth-order valence-corrected chi connectivity index (χ4v) is 1.21. The summed E-state index contributed by atoms with van der Waals surface area (Å²) in [5, 5.41) is 0. The predicted molar refractivity (Wildman–Crippen MR) is 56.2 cm³/mol. The Morgan fingerprint density at radius 3 is 2.53 bits per heavy atom. The summed E-state index contributed by atoms with van der Waals surface area (Å²) in [5.41, 5.74) is 4.19. The van der Waals surface area contributed by atoms with Crippen molar-refractivity contribution >= 4 is 12.0 Å². The van der Waals surface area contributed by atoms with Crippen molar-refractivity contribution in [3.05, 3.63) is 35.4 Å². The van der Waals surface area contributed by atoms with E-state index in [-0.39, 0.29) is 11.3 Å². The van der Waals surface area contributed by atoms with Gasteiger partial charge in [-0.25, -0.2) is 0 Å². The molecule has 0 fully saturated rings. The minimum absolute atomic E-state index is 0.140. The Balaban J connectivity index is 3.20. The second-order valence-electron chi connectivity index (χ2n) is 3.19. The van der Waals surface area contributed by atoms with Gasteiger partial charge in [0, 0.05) is 11.6 Å². The van der Waals surface area contributed by atoms with Gasteiger partial charge in [-0.1, -0.05) is 0 Å². The summed E-state index contributed by atoms with van der Waals surface area (Å²) in [7, 11) is 1.32. The fourth-order valence-electron chi connectivity index (χ4n) is 1.21. The minimum atomic E-state index is -4.44. The van der Waals surface area contributed by atoms with E-state index >= 15 is 0 Å². The van der Waals surface area contributed by atoms with E-state index in [1.165, 1.54) is 19.3 Å². The van der Waals surface area contributed by atoms with Gasteiger partial charge >= 0.3 is 6.18 Å². The highest BCUT2D eigenvalue weighted by atomic mass is 19.4. The van der Waals surface area contributed by atoms with Crippen LogP contribution in [-0.4, -0.2) is 13.0 Å². The molecule has 3 nitrogen and oxygen atoms in total. The van der Waals surface area contributed by atoms with E-state index in [1.807, 2.05) is 0 Å². The molecule has 0 aliphatic rings. The first kappa shape index (κ1) is 13.1. The maximum absolute atomic E-state index is 12.4. The third-order valence-electron chi connectivity index (χ3n) is 1.98. The first-order valence-corrected chi connectivity index (χ1v) is 4.57. The van der Waals surface area contributed by atoms with Crippen LogP contribution < -0.4 is 10.5 Å². The van der Waals surface area contributed by atoms with Crippen molar-refractivity contribution in [3.63, 3.8) is 0 Å². The monoisotopic (exact) mass is 245 g/mol. The molecule has 1 aromatic carbocycles. The molecule has 0 aliphatic carbocycles. The molecular weight excluding hydrogens is 235 g/mol. The highest BCUT2D eigenvalue weighted by molar-refractivity contribution is 5.90. The molecule has 17 heavy (non-hydrogen) atoms. The Labute approximate surface area is 95.7 Å². The molecule has 0 radical (unpaired) electrons. The SMILES string of the molecule is COc1ccc(C(F)(F)F)cc1C=CC(N)=O. The molecular formula is C11H10F3NO2. The summed E-state index contributed by atoms with van der Waals surface area (Å²) in [5.74, 6) is -0.514. The Hall–Kier alpha value is -1.98. The number of hydrogen-bond acceptors (Lipinski definition) is 2. The Kier molecular flexibility index (Phi) is 3.77. The van der Waals surface area contributed by atoms with Gasteiger partial charge in [-0.3, -0.25) is 4.79 Å². The molecule has 0 aromatic heterocycles. The van der Waals surface area contributed by atoms with Crippen LogP contribution in [0, 0.1) is 0 Å². The first-order chi connectivity index (χ1) is 7.84. The number of nitrogens with two attached hydrogens (primary N) is 1. The van der Waals surface area contributed by atoms with Crippen molar-refractivity contribution in [2.45, 2.75) is 6.18 Å². The summed E-state index contributed by atoms with van der Waals surface area (Å²) >= 11 is 0. The molecule has 1 amide bonds. The molecule has 1 rings (SSSR count). The van der Waals surface area contributed by atoms with Crippen LogP contribution >= 0.6 is 0 Å². The summed E-state index contributed by atoms with van der Waals surface area (Å²) in [6.07, 6.45) is -2.30. The van der Waals surface area contributed by atoms with E-state index in [1.54, 1.807) is 0 Å². The van der Waals surface area contributed by atoms with Gasteiger partial charge in [-0.15, -0.1) is 0 Å². The van der Waals surface area contributed by atoms with E-state index in [2.05, 4.69) is 0 Å². The average molecular weight is 245 g/mol. The number of carbonyl (C=O) groups is 1. The van der Waals surface area contributed by atoms with Crippen molar-refractivity contribution in [1.29, 1.82) is 0 Å². The van der Waals surface area contributed by atoms with Gasteiger partial charge in [-0.2, -0.15) is 13.2 Å². The molecule has 0 saturated heterocycles. The number of amides is 1. The van der Waals surface area contributed by atoms with E-state index in [0.29, 0.717) is 0 Å². The number of carbonyl (C=O) groups excluding carboxylic acids is 1.